The van der Waals surface area contributed by atoms with Gasteiger partial charge in [-0.1, -0.05) is 11.6 Å². The number of hydrogen-bond acceptors (Lipinski definition) is 4. The number of thiophene rings is 1. The van der Waals surface area contributed by atoms with Crippen molar-refractivity contribution in [3.63, 3.8) is 0 Å². The van der Waals surface area contributed by atoms with E-state index in [9.17, 15) is 0 Å². The van der Waals surface area contributed by atoms with E-state index in [2.05, 4.69) is 38.0 Å². The molecule has 3 nitrogen and oxygen atoms in total. The van der Waals surface area contributed by atoms with Crippen LogP contribution < -0.4 is 10.6 Å². The third kappa shape index (κ3) is 2.50. The van der Waals surface area contributed by atoms with Crippen molar-refractivity contribution in [2.45, 2.75) is 6.04 Å². The number of nitrogens with zero attached hydrogens (tertiary/aromatic N) is 2. The first-order valence-electron chi connectivity index (χ1n) is 5.75. The molecule has 2 heterocycles. The highest BCUT2D eigenvalue weighted by Crippen LogP contribution is 2.36. The SMILES string of the molecule is NC1=NCC(c2ccc(Br)s2)N1c1ccc(Cl)cc1. The quantitative estimate of drug-likeness (QED) is 0.882. The highest BCUT2D eigenvalue weighted by atomic mass is 79.9. The van der Waals surface area contributed by atoms with Crippen molar-refractivity contribution < 1.29 is 0 Å². The maximum absolute atomic E-state index is 6.02. The lowest BCUT2D eigenvalue weighted by atomic mass is 10.2. The minimum Gasteiger partial charge on any atom is -0.369 e. The second-order valence-electron chi connectivity index (χ2n) is 4.20. The van der Waals surface area contributed by atoms with Gasteiger partial charge in [0.05, 0.1) is 16.4 Å². The number of nitrogens with two attached hydrogens (primary N) is 1. The molecule has 19 heavy (non-hydrogen) atoms. The van der Waals surface area contributed by atoms with Crippen LogP contribution in [0.5, 0.6) is 0 Å². The Balaban J connectivity index is 1.96. The van der Waals surface area contributed by atoms with Crippen LogP contribution in [-0.2, 0) is 0 Å². The molecule has 0 aliphatic carbocycles. The molecule has 2 N–H and O–H groups in total. The van der Waals surface area contributed by atoms with Crippen LogP contribution in [0.4, 0.5) is 5.69 Å². The van der Waals surface area contributed by atoms with E-state index in [1.54, 1.807) is 11.3 Å². The fourth-order valence-electron chi connectivity index (χ4n) is 2.14. The lowest BCUT2D eigenvalue weighted by molar-refractivity contribution is 0.785. The highest BCUT2D eigenvalue weighted by molar-refractivity contribution is 9.11. The van der Waals surface area contributed by atoms with Crippen LogP contribution in [0.25, 0.3) is 0 Å². The number of guanidine groups is 1. The molecule has 0 fully saturated rings. The molecule has 1 unspecified atom stereocenters. The van der Waals surface area contributed by atoms with Gasteiger partial charge in [0.25, 0.3) is 0 Å². The van der Waals surface area contributed by atoms with E-state index in [-0.39, 0.29) is 6.04 Å². The van der Waals surface area contributed by atoms with Gasteiger partial charge in [-0.3, -0.25) is 4.99 Å². The highest BCUT2D eigenvalue weighted by Gasteiger charge is 2.29. The Hall–Kier alpha value is -1.04. The molecule has 1 aromatic carbocycles. The van der Waals surface area contributed by atoms with Crippen molar-refractivity contribution in [1.82, 2.24) is 0 Å². The van der Waals surface area contributed by atoms with Gasteiger partial charge in [0.1, 0.15) is 0 Å². The van der Waals surface area contributed by atoms with Gasteiger partial charge in [-0.25, -0.2) is 0 Å². The van der Waals surface area contributed by atoms with Gasteiger partial charge in [-0.15, -0.1) is 11.3 Å². The molecule has 0 saturated heterocycles. The van der Waals surface area contributed by atoms with Crippen molar-refractivity contribution >= 4 is 50.5 Å². The molecule has 1 atom stereocenters. The van der Waals surface area contributed by atoms with Crippen LogP contribution >= 0.6 is 38.9 Å². The van der Waals surface area contributed by atoms with Gasteiger partial charge in [0.2, 0.25) is 0 Å². The number of halogens is 2. The van der Waals surface area contributed by atoms with E-state index in [4.69, 9.17) is 17.3 Å². The topological polar surface area (TPSA) is 41.6 Å². The summed E-state index contributed by atoms with van der Waals surface area (Å²) in [6, 6.07) is 12.0. The summed E-state index contributed by atoms with van der Waals surface area (Å²) in [6.07, 6.45) is 0. The van der Waals surface area contributed by atoms with Gasteiger partial charge in [-0.05, 0) is 52.3 Å². The standard InChI is InChI=1S/C13H11BrClN3S/c14-12-6-5-11(19-12)10-7-17-13(16)18(10)9-3-1-8(15)2-4-9/h1-6,10H,7H2,(H2,16,17). The number of benzene rings is 1. The molecule has 3 rings (SSSR count). The van der Waals surface area contributed by atoms with Crippen molar-refractivity contribution in [1.29, 1.82) is 0 Å². The summed E-state index contributed by atoms with van der Waals surface area (Å²) in [7, 11) is 0. The number of rotatable bonds is 2. The monoisotopic (exact) mass is 355 g/mol. The Bertz CT molecular complexity index is 623. The van der Waals surface area contributed by atoms with Gasteiger partial charge in [0.15, 0.2) is 5.96 Å². The number of aliphatic imine (C=N–C) groups is 1. The summed E-state index contributed by atoms with van der Waals surface area (Å²) < 4.78 is 1.11. The van der Waals surface area contributed by atoms with Gasteiger partial charge in [-0.2, -0.15) is 0 Å². The largest absolute Gasteiger partial charge is 0.369 e. The zero-order chi connectivity index (χ0) is 13.4. The summed E-state index contributed by atoms with van der Waals surface area (Å²) in [5, 5.41) is 0.717. The molecule has 1 aliphatic rings. The maximum atomic E-state index is 6.02. The maximum Gasteiger partial charge on any atom is 0.196 e. The number of anilines is 1. The molecule has 1 aromatic heterocycles. The van der Waals surface area contributed by atoms with E-state index < -0.39 is 0 Å². The van der Waals surface area contributed by atoms with E-state index in [0.717, 1.165) is 9.47 Å². The van der Waals surface area contributed by atoms with E-state index >= 15 is 0 Å². The van der Waals surface area contributed by atoms with E-state index in [1.807, 2.05) is 24.3 Å². The Labute approximate surface area is 128 Å². The molecule has 2 aromatic rings. The van der Waals surface area contributed by atoms with Crippen LogP contribution in [0.15, 0.2) is 45.2 Å². The van der Waals surface area contributed by atoms with Gasteiger partial charge in [0, 0.05) is 15.6 Å². The molecule has 0 bridgehead atoms. The molecular weight excluding hydrogens is 346 g/mol. The molecule has 98 valence electrons. The third-order valence-electron chi connectivity index (χ3n) is 3.01. The summed E-state index contributed by atoms with van der Waals surface area (Å²) in [6.45, 7) is 0.682. The van der Waals surface area contributed by atoms with Crippen LogP contribution in [0.3, 0.4) is 0 Å². The molecule has 6 heteroatoms. The average molecular weight is 357 g/mol. The predicted octanol–water partition coefficient (Wildman–Crippen LogP) is 4.04. The molecule has 0 amide bonds. The van der Waals surface area contributed by atoms with Crippen molar-refractivity contribution in [3.8, 4) is 0 Å². The van der Waals surface area contributed by atoms with Crippen molar-refractivity contribution in [2.24, 2.45) is 10.7 Å². The predicted molar refractivity (Wildman–Crippen MR) is 85.2 cm³/mol. The first-order chi connectivity index (χ1) is 9.15. The van der Waals surface area contributed by atoms with Crippen molar-refractivity contribution in [3.05, 3.63) is 50.1 Å². The zero-order valence-electron chi connectivity index (χ0n) is 9.88. The Morgan fingerprint density at radius 3 is 2.63 bits per heavy atom. The van der Waals surface area contributed by atoms with Gasteiger partial charge < -0.3 is 10.6 Å². The van der Waals surface area contributed by atoms with E-state index in [1.165, 1.54) is 4.88 Å². The minimum atomic E-state index is 0.164. The summed E-state index contributed by atoms with van der Waals surface area (Å²) in [5.41, 5.74) is 7.03. The molecule has 1 aliphatic heterocycles. The molecule has 0 radical (unpaired) electrons. The smallest absolute Gasteiger partial charge is 0.196 e. The summed E-state index contributed by atoms with van der Waals surface area (Å²) in [4.78, 5) is 7.65. The lowest BCUT2D eigenvalue weighted by Gasteiger charge is -2.25. The number of hydrogen-bond donors (Lipinski definition) is 1. The fraction of sp³-hybridized carbons (Fsp3) is 0.154. The summed E-state index contributed by atoms with van der Waals surface area (Å²) >= 11 is 11.1. The summed E-state index contributed by atoms with van der Waals surface area (Å²) in [5.74, 6) is 0.553. The molecule has 0 spiro atoms. The zero-order valence-corrected chi connectivity index (χ0v) is 13.0. The third-order valence-corrected chi connectivity index (χ3v) is 4.99. The second kappa shape index (κ2) is 5.15. The Morgan fingerprint density at radius 1 is 1.26 bits per heavy atom. The van der Waals surface area contributed by atoms with Crippen molar-refractivity contribution in [2.75, 3.05) is 11.4 Å². The molecular formula is C13H11BrClN3S. The first-order valence-corrected chi connectivity index (χ1v) is 7.74. The first kappa shape index (κ1) is 13.0. The van der Waals surface area contributed by atoms with Crippen LogP contribution in [-0.4, -0.2) is 12.5 Å². The lowest BCUT2D eigenvalue weighted by Crippen LogP contribution is -2.35. The van der Waals surface area contributed by atoms with Crippen LogP contribution in [0, 0.1) is 0 Å². The second-order valence-corrected chi connectivity index (χ2v) is 7.13. The average Bonchev–Trinajstić information content (AvgIpc) is 2.97. The van der Waals surface area contributed by atoms with Gasteiger partial charge >= 0.3 is 0 Å². The Morgan fingerprint density at radius 2 is 2.00 bits per heavy atom. The van der Waals surface area contributed by atoms with Crippen LogP contribution in [0.1, 0.15) is 10.9 Å². The Kier molecular flexibility index (Phi) is 3.52. The molecule has 0 saturated carbocycles. The normalized spacial score (nSPS) is 18.7. The minimum absolute atomic E-state index is 0.164. The van der Waals surface area contributed by atoms with E-state index in [0.29, 0.717) is 17.5 Å². The van der Waals surface area contributed by atoms with Crippen LogP contribution in [0.2, 0.25) is 5.02 Å². The fourth-order valence-corrected chi connectivity index (χ4v) is 3.77.